The van der Waals surface area contributed by atoms with Crippen LogP contribution in [0.5, 0.6) is 5.75 Å². The Hall–Kier alpha value is -1.60. The van der Waals surface area contributed by atoms with E-state index in [9.17, 15) is 8.42 Å². The Balaban J connectivity index is 1.89. The predicted molar refractivity (Wildman–Crippen MR) is 96.5 cm³/mol. The van der Waals surface area contributed by atoms with Crippen LogP contribution in [0.4, 0.5) is 0 Å². The smallest absolute Gasteiger partial charge is 0.243 e. The van der Waals surface area contributed by atoms with Gasteiger partial charge in [0.15, 0.2) is 0 Å². The van der Waals surface area contributed by atoms with Crippen LogP contribution in [-0.4, -0.2) is 39.0 Å². The molecule has 1 heterocycles. The highest BCUT2D eigenvalue weighted by Crippen LogP contribution is 2.32. The fourth-order valence-corrected chi connectivity index (χ4v) is 4.78. The van der Waals surface area contributed by atoms with E-state index in [1.807, 2.05) is 37.3 Å². The second-order valence-corrected chi connectivity index (χ2v) is 8.31. The van der Waals surface area contributed by atoms with E-state index >= 15 is 0 Å². The number of hydrogen-bond acceptors (Lipinski definition) is 4. The molecule has 7 heteroatoms. The van der Waals surface area contributed by atoms with Crippen molar-refractivity contribution in [3.63, 3.8) is 0 Å². The van der Waals surface area contributed by atoms with Crippen LogP contribution in [-0.2, 0) is 14.8 Å². The summed E-state index contributed by atoms with van der Waals surface area (Å²) < 4.78 is 38.6. The first-order valence-electron chi connectivity index (χ1n) is 7.96. The second-order valence-electron chi connectivity index (χ2n) is 5.96. The molecule has 0 radical (unpaired) electrons. The molecule has 25 heavy (non-hydrogen) atoms. The molecule has 0 aliphatic carbocycles. The zero-order valence-corrected chi connectivity index (χ0v) is 15.6. The van der Waals surface area contributed by atoms with E-state index in [2.05, 4.69) is 0 Å². The van der Waals surface area contributed by atoms with Crippen LogP contribution in [0.25, 0.3) is 0 Å². The number of halogens is 1. The van der Waals surface area contributed by atoms with Gasteiger partial charge in [0.05, 0.1) is 29.2 Å². The maximum absolute atomic E-state index is 13.0. The Bertz CT molecular complexity index is 841. The third-order valence-corrected chi connectivity index (χ3v) is 6.28. The molecule has 5 nitrogen and oxygen atoms in total. The lowest BCUT2D eigenvalue weighted by atomic mass is 10.1. The van der Waals surface area contributed by atoms with E-state index in [-0.39, 0.29) is 28.7 Å². The van der Waals surface area contributed by atoms with Crippen molar-refractivity contribution in [3.8, 4) is 5.75 Å². The van der Waals surface area contributed by atoms with Gasteiger partial charge in [-0.3, -0.25) is 0 Å². The number of methoxy groups -OCH3 is 1. The van der Waals surface area contributed by atoms with E-state index < -0.39 is 10.0 Å². The van der Waals surface area contributed by atoms with Crippen LogP contribution in [0.1, 0.15) is 18.6 Å². The van der Waals surface area contributed by atoms with Crippen molar-refractivity contribution in [2.45, 2.75) is 24.0 Å². The summed E-state index contributed by atoms with van der Waals surface area (Å²) in [6.45, 7) is 2.44. The lowest BCUT2D eigenvalue weighted by Crippen LogP contribution is -2.45. The third kappa shape index (κ3) is 3.82. The van der Waals surface area contributed by atoms with Gasteiger partial charge in [0, 0.05) is 13.1 Å². The lowest BCUT2D eigenvalue weighted by molar-refractivity contribution is -0.0557. The zero-order chi connectivity index (χ0) is 18.0. The van der Waals surface area contributed by atoms with Gasteiger partial charge in [0.1, 0.15) is 5.75 Å². The normalized spacial score (nSPS) is 21.9. The van der Waals surface area contributed by atoms with Crippen molar-refractivity contribution in [3.05, 3.63) is 59.1 Å². The predicted octanol–water partition coefficient (Wildman–Crippen LogP) is 3.50. The van der Waals surface area contributed by atoms with Gasteiger partial charge in [0.25, 0.3) is 0 Å². The highest BCUT2D eigenvalue weighted by Gasteiger charge is 2.34. The SMILES string of the molecule is COc1ccc(S(=O)(=O)N2CC(C)OC(c3ccccc3)C2)cc1Cl. The first kappa shape index (κ1) is 18.2. The summed E-state index contributed by atoms with van der Waals surface area (Å²) in [7, 11) is -2.18. The number of nitrogens with zero attached hydrogens (tertiary/aromatic N) is 1. The van der Waals surface area contributed by atoms with Crippen molar-refractivity contribution in [2.75, 3.05) is 20.2 Å². The number of sulfonamides is 1. The molecule has 2 atom stereocenters. The maximum Gasteiger partial charge on any atom is 0.243 e. The number of rotatable bonds is 4. The highest BCUT2D eigenvalue weighted by molar-refractivity contribution is 7.89. The minimum Gasteiger partial charge on any atom is -0.495 e. The van der Waals surface area contributed by atoms with E-state index in [1.54, 1.807) is 6.07 Å². The average molecular weight is 382 g/mol. The minimum absolute atomic E-state index is 0.152. The fourth-order valence-electron chi connectivity index (χ4n) is 2.92. The lowest BCUT2D eigenvalue weighted by Gasteiger charge is -2.36. The Morgan fingerprint density at radius 1 is 1.16 bits per heavy atom. The van der Waals surface area contributed by atoms with Gasteiger partial charge in [-0.25, -0.2) is 8.42 Å². The van der Waals surface area contributed by atoms with Crippen LogP contribution < -0.4 is 4.74 Å². The van der Waals surface area contributed by atoms with Crippen LogP contribution in [0.3, 0.4) is 0 Å². The highest BCUT2D eigenvalue weighted by atomic mass is 35.5. The molecule has 0 aromatic heterocycles. The van der Waals surface area contributed by atoms with Gasteiger partial charge < -0.3 is 9.47 Å². The molecule has 0 amide bonds. The monoisotopic (exact) mass is 381 g/mol. The molecule has 2 aromatic rings. The summed E-state index contributed by atoms with van der Waals surface area (Å²) in [4.78, 5) is 0.152. The van der Waals surface area contributed by atoms with E-state index in [0.29, 0.717) is 12.3 Å². The van der Waals surface area contributed by atoms with E-state index in [0.717, 1.165) is 5.56 Å². The summed E-state index contributed by atoms with van der Waals surface area (Å²) in [5.41, 5.74) is 0.960. The number of ether oxygens (including phenoxy) is 2. The quantitative estimate of drug-likeness (QED) is 0.813. The maximum atomic E-state index is 13.0. The minimum atomic E-state index is -3.67. The molecule has 1 fully saturated rings. The number of benzene rings is 2. The van der Waals surface area contributed by atoms with Gasteiger partial charge in [-0.2, -0.15) is 4.31 Å². The van der Waals surface area contributed by atoms with Crippen molar-refractivity contribution >= 4 is 21.6 Å². The number of morpholine rings is 1. The Morgan fingerprint density at radius 2 is 1.88 bits per heavy atom. The Morgan fingerprint density at radius 3 is 2.52 bits per heavy atom. The largest absolute Gasteiger partial charge is 0.495 e. The summed E-state index contributed by atoms with van der Waals surface area (Å²) in [6, 6.07) is 14.1. The van der Waals surface area contributed by atoms with Gasteiger partial charge >= 0.3 is 0 Å². The Kier molecular flexibility index (Phi) is 5.34. The van der Waals surface area contributed by atoms with Crippen LogP contribution in [0.15, 0.2) is 53.4 Å². The van der Waals surface area contributed by atoms with Gasteiger partial charge in [0.2, 0.25) is 10.0 Å². The van der Waals surface area contributed by atoms with Crippen molar-refractivity contribution in [2.24, 2.45) is 0 Å². The fraction of sp³-hybridized carbons (Fsp3) is 0.333. The van der Waals surface area contributed by atoms with E-state index in [4.69, 9.17) is 21.1 Å². The van der Waals surface area contributed by atoms with Crippen molar-refractivity contribution < 1.29 is 17.9 Å². The molecule has 2 unspecified atom stereocenters. The molecular weight excluding hydrogens is 362 g/mol. The van der Waals surface area contributed by atoms with Crippen molar-refractivity contribution in [1.29, 1.82) is 0 Å². The summed E-state index contributed by atoms with van der Waals surface area (Å²) in [6.07, 6.45) is -0.504. The summed E-state index contributed by atoms with van der Waals surface area (Å²) >= 11 is 6.10. The van der Waals surface area contributed by atoms with Gasteiger partial charge in [-0.05, 0) is 30.7 Å². The van der Waals surface area contributed by atoms with Crippen LogP contribution in [0.2, 0.25) is 5.02 Å². The standard InChI is InChI=1S/C18H20ClNO4S/c1-13-11-20(12-18(24-13)14-6-4-3-5-7-14)25(21,22)15-8-9-17(23-2)16(19)10-15/h3-10,13,18H,11-12H2,1-2H3. The Labute approximate surface area is 153 Å². The molecule has 2 aromatic carbocycles. The number of hydrogen-bond donors (Lipinski definition) is 0. The summed E-state index contributed by atoms with van der Waals surface area (Å²) in [5.74, 6) is 0.443. The molecule has 1 aliphatic rings. The van der Waals surface area contributed by atoms with Gasteiger partial charge in [-0.1, -0.05) is 41.9 Å². The molecular formula is C18H20ClNO4S. The molecule has 0 N–H and O–H groups in total. The van der Waals surface area contributed by atoms with Gasteiger partial charge in [-0.15, -0.1) is 0 Å². The molecule has 3 rings (SSSR count). The third-order valence-electron chi connectivity index (χ3n) is 4.16. The first-order valence-corrected chi connectivity index (χ1v) is 9.77. The van der Waals surface area contributed by atoms with Crippen molar-refractivity contribution in [1.82, 2.24) is 4.31 Å². The second kappa shape index (κ2) is 7.33. The van der Waals surface area contributed by atoms with E-state index in [1.165, 1.54) is 23.5 Å². The zero-order valence-electron chi connectivity index (χ0n) is 14.1. The molecule has 134 valence electrons. The molecule has 0 saturated carbocycles. The summed E-state index contributed by atoms with van der Waals surface area (Å²) in [5, 5.41) is 0.268. The molecule has 0 spiro atoms. The molecule has 1 aliphatic heterocycles. The topological polar surface area (TPSA) is 55.8 Å². The molecule has 1 saturated heterocycles. The molecule has 0 bridgehead atoms. The first-order chi connectivity index (χ1) is 11.9. The van der Waals surface area contributed by atoms with Crippen LogP contribution in [0, 0.1) is 0 Å². The average Bonchev–Trinajstić information content (AvgIpc) is 2.62. The van der Waals surface area contributed by atoms with Crippen LogP contribution >= 0.6 is 11.6 Å².